The molecule has 9 nitrogen and oxygen atoms in total. The largest absolute Gasteiger partial charge is 0.486 e. The van der Waals surface area contributed by atoms with Crippen LogP contribution in [0.5, 0.6) is 11.5 Å². The summed E-state index contributed by atoms with van der Waals surface area (Å²) in [6, 6.07) is 5.58. The molecule has 3 unspecified atom stereocenters. The van der Waals surface area contributed by atoms with Gasteiger partial charge in [-0.1, -0.05) is 19.8 Å². The Morgan fingerprint density at radius 2 is 1.97 bits per heavy atom. The number of nitrogens with one attached hydrogen (secondary N) is 2. The summed E-state index contributed by atoms with van der Waals surface area (Å²) in [5.41, 5.74) is 3.66. The van der Waals surface area contributed by atoms with Gasteiger partial charge in [-0.05, 0) is 31.4 Å². The maximum Gasteiger partial charge on any atom is 0.268 e. The number of fused-ring (bicyclic) bond motifs is 4. The number of ether oxygens (including phenoxy) is 2. The average Bonchev–Trinajstić information content (AvgIpc) is 3.21. The van der Waals surface area contributed by atoms with Crippen LogP contribution in [0.1, 0.15) is 45.4 Å². The number of anilines is 1. The van der Waals surface area contributed by atoms with Crippen LogP contribution in [0.3, 0.4) is 0 Å². The van der Waals surface area contributed by atoms with Gasteiger partial charge in [-0.15, -0.1) is 0 Å². The highest BCUT2D eigenvalue weighted by Gasteiger charge is 2.50. The maximum absolute atomic E-state index is 13.3. The van der Waals surface area contributed by atoms with Crippen molar-refractivity contribution in [1.29, 1.82) is 0 Å². The minimum Gasteiger partial charge on any atom is -0.486 e. The molecule has 1 aromatic carbocycles. The summed E-state index contributed by atoms with van der Waals surface area (Å²) < 4.78 is 11.1. The molecule has 0 radical (unpaired) electrons. The van der Waals surface area contributed by atoms with Crippen molar-refractivity contribution >= 4 is 23.3 Å². The zero-order valence-electron chi connectivity index (χ0n) is 17.8. The van der Waals surface area contributed by atoms with Crippen LogP contribution in [0.2, 0.25) is 0 Å². The second-order valence-corrected chi connectivity index (χ2v) is 8.51. The molecule has 1 aliphatic carbocycles. The van der Waals surface area contributed by atoms with E-state index in [-0.39, 0.29) is 30.4 Å². The van der Waals surface area contributed by atoms with Gasteiger partial charge in [0.05, 0.1) is 12.1 Å². The molecular formula is C22H29N5O4. The molecule has 2 amide bonds. The number of hydrogen-bond acceptors (Lipinski definition) is 7. The summed E-state index contributed by atoms with van der Waals surface area (Å²) in [6.07, 6.45) is 5.47. The van der Waals surface area contributed by atoms with Crippen LogP contribution in [0.15, 0.2) is 23.3 Å². The lowest BCUT2D eigenvalue weighted by Crippen LogP contribution is -2.69. The normalized spacial score (nSPS) is 26.5. The second kappa shape index (κ2) is 8.28. The molecule has 31 heavy (non-hydrogen) atoms. The van der Waals surface area contributed by atoms with Crippen LogP contribution in [0, 0.1) is 0 Å². The highest BCUT2D eigenvalue weighted by Crippen LogP contribution is 2.36. The van der Waals surface area contributed by atoms with E-state index in [2.05, 4.69) is 27.7 Å². The van der Waals surface area contributed by atoms with Crippen molar-refractivity contribution in [2.24, 2.45) is 5.10 Å². The lowest BCUT2D eigenvalue weighted by atomic mass is 9.85. The number of carbonyl (C=O) groups is 2. The van der Waals surface area contributed by atoms with Crippen LogP contribution in [-0.2, 0) is 9.59 Å². The number of carbonyl (C=O) groups excluding carboxylic acids is 2. The van der Waals surface area contributed by atoms with Crippen molar-refractivity contribution in [3.63, 3.8) is 0 Å². The Labute approximate surface area is 181 Å². The number of amidine groups is 1. The van der Waals surface area contributed by atoms with Gasteiger partial charge in [0.15, 0.2) is 17.7 Å². The standard InChI is InChI=1S/C22H29N5O4/c1-2-5-19-24-25-21-22(29)26(15-6-3-4-7-16(15)27(19)21)13-20(28)23-14-8-9-17-18(12-14)31-11-10-30-17/h8-9,12,15-16,21,25H,2-7,10-11,13H2,1H3,(H,23,28). The van der Waals surface area contributed by atoms with Gasteiger partial charge in [0.2, 0.25) is 5.91 Å². The third-order valence-electron chi connectivity index (χ3n) is 6.47. The van der Waals surface area contributed by atoms with E-state index >= 15 is 0 Å². The van der Waals surface area contributed by atoms with Crippen molar-refractivity contribution in [3.05, 3.63) is 18.2 Å². The molecule has 0 aromatic heterocycles. The first kappa shape index (κ1) is 20.0. The average molecular weight is 428 g/mol. The molecule has 3 atom stereocenters. The molecule has 166 valence electrons. The third-order valence-corrected chi connectivity index (χ3v) is 6.47. The van der Waals surface area contributed by atoms with Gasteiger partial charge in [-0.3, -0.25) is 15.0 Å². The quantitative estimate of drug-likeness (QED) is 0.745. The molecule has 4 aliphatic rings. The van der Waals surface area contributed by atoms with Gasteiger partial charge in [0.1, 0.15) is 25.6 Å². The van der Waals surface area contributed by atoms with Crippen LogP contribution >= 0.6 is 0 Å². The Balaban J connectivity index is 1.31. The van der Waals surface area contributed by atoms with E-state index in [1.165, 1.54) is 0 Å². The minimum atomic E-state index is -0.497. The zero-order chi connectivity index (χ0) is 21.4. The summed E-state index contributed by atoms with van der Waals surface area (Å²) in [4.78, 5) is 30.2. The molecule has 3 heterocycles. The number of nitrogens with zero attached hydrogens (tertiary/aromatic N) is 3. The van der Waals surface area contributed by atoms with E-state index in [1.54, 1.807) is 23.1 Å². The molecule has 0 bridgehead atoms. The number of piperazine rings is 1. The van der Waals surface area contributed by atoms with Crippen molar-refractivity contribution in [2.45, 2.75) is 63.7 Å². The van der Waals surface area contributed by atoms with E-state index < -0.39 is 6.17 Å². The van der Waals surface area contributed by atoms with Crippen LogP contribution in [-0.4, -0.2) is 65.5 Å². The highest BCUT2D eigenvalue weighted by molar-refractivity contribution is 5.98. The fourth-order valence-electron chi connectivity index (χ4n) is 5.14. The van der Waals surface area contributed by atoms with E-state index in [0.717, 1.165) is 44.4 Å². The van der Waals surface area contributed by atoms with E-state index in [4.69, 9.17) is 9.47 Å². The number of hydrazone groups is 1. The van der Waals surface area contributed by atoms with Gasteiger partial charge in [0.25, 0.3) is 5.91 Å². The topological polar surface area (TPSA) is 95.5 Å². The number of amides is 2. The van der Waals surface area contributed by atoms with Gasteiger partial charge in [-0.2, -0.15) is 5.10 Å². The molecule has 1 saturated heterocycles. The summed E-state index contributed by atoms with van der Waals surface area (Å²) >= 11 is 0. The highest BCUT2D eigenvalue weighted by atomic mass is 16.6. The number of hydrogen-bond donors (Lipinski definition) is 2. The molecule has 0 spiro atoms. The maximum atomic E-state index is 13.3. The molecule has 2 fully saturated rings. The lowest BCUT2D eigenvalue weighted by molar-refractivity contribution is -0.151. The van der Waals surface area contributed by atoms with Gasteiger partial charge in [-0.25, -0.2) is 0 Å². The second-order valence-electron chi connectivity index (χ2n) is 8.51. The van der Waals surface area contributed by atoms with Crippen molar-refractivity contribution in [2.75, 3.05) is 25.1 Å². The van der Waals surface area contributed by atoms with Crippen molar-refractivity contribution in [1.82, 2.24) is 15.2 Å². The van der Waals surface area contributed by atoms with Crippen LogP contribution < -0.4 is 20.2 Å². The van der Waals surface area contributed by atoms with Crippen LogP contribution in [0.25, 0.3) is 0 Å². The Bertz CT molecular complexity index is 904. The molecule has 9 heteroatoms. The Morgan fingerprint density at radius 1 is 1.19 bits per heavy atom. The summed E-state index contributed by atoms with van der Waals surface area (Å²) in [7, 11) is 0. The Kier molecular flexibility index (Phi) is 5.33. The zero-order valence-corrected chi connectivity index (χ0v) is 17.8. The lowest BCUT2D eigenvalue weighted by Gasteiger charge is -2.51. The van der Waals surface area contributed by atoms with Crippen molar-refractivity contribution < 1.29 is 19.1 Å². The Morgan fingerprint density at radius 3 is 2.77 bits per heavy atom. The van der Waals surface area contributed by atoms with E-state index in [1.807, 2.05) is 0 Å². The molecule has 3 aliphatic heterocycles. The summed E-state index contributed by atoms with van der Waals surface area (Å²) in [5.74, 6) is 1.98. The first-order chi connectivity index (χ1) is 15.2. The third kappa shape index (κ3) is 3.66. The number of rotatable bonds is 5. The smallest absolute Gasteiger partial charge is 0.268 e. The van der Waals surface area contributed by atoms with Gasteiger partial charge in [0, 0.05) is 18.2 Å². The fraction of sp³-hybridized carbons (Fsp3) is 0.591. The molecule has 2 N–H and O–H groups in total. The molecule has 1 aromatic rings. The first-order valence-corrected chi connectivity index (χ1v) is 11.3. The molecular weight excluding hydrogens is 398 g/mol. The Hall–Kier alpha value is -2.97. The van der Waals surface area contributed by atoms with Crippen LogP contribution in [0.4, 0.5) is 5.69 Å². The minimum absolute atomic E-state index is 0.0313. The summed E-state index contributed by atoms with van der Waals surface area (Å²) in [5, 5.41) is 7.37. The molecule has 5 rings (SSSR count). The molecule has 1 saturated carbocycles. The van der Waals surface area contributed by atoms with Crippen molar-refractivity contribution in [3.8, 4) is 11.5 Å². The van der Waals surface area contributed by atoms with E-state index in [9.17, 15) is 9.59 Å². The fourth-order valence-corrected chi connectivity index (χ4v) is 5.14. The number of benzene rings is 1. The van der Waals surface area contributed by atoms with E-state index in [0.29, 0.717) is 30.4 Å². The predicted octanol–water partition coefficient (Wildman–Crippen LogP) is 1.89. The first-order valence-electron chi connectivity index (χ1n) is 11.3. The van der Waals surface area contributed by atoms with Gasteiger partial charge >= 0.3 is 0 Å². The monoisotopic (exact) mass is 427 g/mol. The van der Waals surface area contributed by atoms with Gasteiger partial charge < -0.3 is 24.6 Å². The summed E-state index contributed by atoms with van der Waals surface area (Å²) in [6.45, 7) is 3.16. The SMILES string of the molecule is CCCC1=NNC2C(=O)N(CC(=O)Nc3ccc4c(c3)OCCO4)C3CCCCC3N12. The predicted molar refractivity (Wildman–Crippen MR) is 115 cm³/mol.